The van der Waals surface area contributed by atoms with E-state index in [-0.39, 0.29) is 22.1 Å². The molecular formula is C25H19ClF3N5O3. The number of pyridine rings is 2. The Bertz CT molecular complexity index is 1580. The van der Waals surface area contributed by atoms with Gasteiger partial charge in [0.15, 0.2) is 5.69 Å². The normalized spacial score (nSPS) is 14.0. The summed E-state index contributed by atoms with van der Waals surface area (Å²) in [6.07, 6.45) is -4.01. The molecule has 0 aliphatic carbocycles. The van der Waals surface area contributed by atoms with Gasteiger partial charge in [-0.15, -0.1) is 0 Å². The van der Waals surface area contributed by atoms with Crippen molar-refractivity contribution in [3.63, 3.8) is 0 Å². The van der Waals surface area contributed by atoms with Gasteiger partial charge in [0, 0.05) is 30.9 Å². The van der Waals surface area contributed by atoms with Crippen LogP contribution in [0.15, 0.2) is 59.5 Å². The molecule has 0 radical (unpaired) electrons. The number of hydrogen-bond acceptors (Lipinski definition) is 6. The largest absolute Gasteiger partial charge is 0.476 e. The van der Waals surface area contributed by atoms with E-state index < -0.39 is 35.0 Å². The van der Waals surface area contributed by atoms with Crippen LogP contribution in [0, 0.1) is 0 Å². The summed E-state index contributed by atoms with van der Waals surface area (Å²) in [5, 5.41) is 12.3. The molecule has 3 aromatic heterocycles. The van der Waals surface area contributed by atoms with Crippen molar-refractivity contribution in [3.05, 3.63) is 98.2 Å². The number of carboxylic acids is 1. The molecule has 12 heteroatoms. The topological polar surface area (TPSA) is 99.8 Å². The standard InChI is InChI=1S/C25H19ClF3N5O3/c1-13(30-18-6-7-19(26)31-22(18)24(36)37)17-8-16(25(27,28)29)12-34-21(35)9-20(32-23(17)34)33-10-14-4-2-3-5-15(14)11-33/h2-9,12-13,30H,10-11H2,1H3,(H,36,37)/t13-/m1/s1. The number of carbonyl (C=O) groups is 1. The van der Waals surface area contributed by atoms with Gasteiger partial charge in [-0.05, 0) is 36.2 Å². The highest BCUT2D eigenvalue weighted by molar-refractivity contribution is 6.29. The summed E-state index contributed by atoms with van der Waals surface area (Å²) < 4.78 is 42.1. The lowest BCUT2D eigenvalue weighted by molar-refractivity contribution is -0.137. The van der Waals surface area contributed by atoms with Crippen molar-refractivity contribution >= 4 is 34.7 Å². The first-order valence-electron chi connectivity index (χ1n) is 11.1. The molecule has 1 aromatic carbocycles. The Kier molecular flexibility index (Phi) is 6.03. The van der Waals surface area contributed by atoms with E-state index in [4.69, 9.17) is 11.6 Å². The third kappa shape index (κ3) is 4.69. The van der Waals surface area contributed by atoms with Crippen molar-refractivity contribution in [3.8, 4) is 0 Å². The molecule has 2 N–H and O–H groups in total. The summed E-state index contributed by atoms with van der Waals surface area (Å²) in [4.78, 5) is 34.9. The number of aromatic nitrogens is 3. The number of nitrogens with zero attached hydrogens (tertiary/aromatic N) is 4. The van der Waals surface area contributed by atoms with Gasteiger partial charge in [-0.3, -0.25) is 9.20 Å². The summed E-state index contributed by atoms with van der Waals surface area (Å²) in [6.45, 7) is 2.54. The van der Waals surface area contributed by atoms with Gasteiger partial charge in [-0.2, -0.15) is 13.2 Å². The summed E-state index contributed by atoms with van der Waals surface area (Å²) in [5.74, 6) is -1.04. The van der Waals surface area contributed by atoms with Crippen LogP contribution >= 0.6 is 11.6 Å². The van der Waals surface area contributed by atoms with Crippen LogP contribution in [0.3, 0.4) is 0 Å². The average molecular weight is 530 g/mol. The lowest BCUT2D eigenvalue weighted by atomic mass is 10.1. The molecule has 8 nitrogen and oxygen atoms in total. The minimum atomic E-state index is -4.73. The molecule has 1 aliphatic rings. The minimum Gasteiger partial charge on any atom is -0.476 e. The zero-order chi connectivity index (χ0) is 26.5. The van der Waals surface area contributed by atoms with E-state index in [0.29, 0.717) is 18.9 Å². The molecule has 37 heavy (non-hydrogen) atoms. The lowest BCUT2D eigenvalue weighted by Gasteiger charge is -2.22. The predicted octanol–water partition coefficient (Wildman–Crippen LogP) is 5.15. The number of hydrogen-bond donors (Lipinski definition) is 2. The Hall–Kier alpha value is -4.12. The van der Waals surface area contributed by atoms with E-state index in [1.807, 2.05) is 29.2 Å². The summed E-state index contributed by atoms with van der Waals surface area (Å²) in [5.41, 5.74) is 0.162. The number of anilines is 2. The molecule has 0 unspecified atom stereocenters. The summed E-state index contributed by atoms with van der Waals surface area (Å²) in [7, 11) is 0. The van der Waals surface area contributed by atoms with Crippen molar-refractivity contribution in [2.75, 3.05) is 10.2 Å². The van der Waals surface area contributed by atoms with E-state index in [9.17, 15) is 27.9 Å². The Morgan fingerprint density at radius 1 is 1.11 bits per heavy atom. The molecule has 190 valence electrons. The third-order valence-electron chi connectivity index (χ3n) is 6.17. The zero-order valence-electron chi connectivity index (χ0n) is 19.3. The van der Waals surface area contributed by atoms with E-state index in [1.165, 1.54) is 18.2 Å². The van der Waals surface area contributed by atoms with Crippen LogP contribution in [0.5, 0.6) is 0 Å². The third-order valence-corrected chi connectivity index (χ3v) is 6.38. The van der Waals surface area contributed by atoms with Crippen LogP contribution in [0.1, 0.15) is 45.7 Å². The first-order valence-corrected chi connectivity index (χ1v) is 11.5. The Morgan fingerprint density at radius 3 is 2.41 bits per heavy atom. The van der Waals surface area contributed by atoms with Gasteiger partial charge in [0.1, 0.15) is 16.6 Å². The Balaban J connectivity index is 1.63. The van der Waals surface area contributed by atoms with E-state index in [0.717, 1.165) is 27.8 Å². The first-order chi connectivity index (χ1) is 17.5. The fourth-order valence-electron chi connectivity index (χ4n) is 4.37. The quantitative estimate of drug-likeness (QED) is 0.345. The minimum absolute atomic E-state index is 0.0188. The maximum absolute atomic E-state index is 13.7. The second kappa shape index (κ2) is 9.07. The Labute approximate surface area is 213 Å². The monoisotopic (exact) mass is 529 g/mol. The van der Waals surface area contributed by atoms with E-state index >= 15 is 0 Å². The van der Waals surface area contributed by atoms with Crippen LogP contribution in [0.4, 0.5) is 24.7 Å². The van der Waals surface area contributed by atoms with Crippen molar-refractivity contribution in [1.82, 2.24) is 14.4 Å². The highest BCUT2D eigenvalue weighted by atomic mass is 35.5. The van der Waals surface area contributed by atoms with Gasteiger partial charge in [0.2, 0.25) is 0 Å². The summed E-state index contributed by atoms with van der Waals surface area (Å²) in [6, 6.07) is 11.7. The molecule has 0 saturated carbocycles. The van der Waals surface area contributed by atoms with Crippen molar-refractivity contribution in [2.24, 2.45) is 0 Å². The maximum atomic E-state index is 13.7. The summed E-state index contributed by atoms with van der Waals surface area (Å²) >= 11 is 5.81. The first kappa shape index (κ1) is 24.6. The number of benzene rings is 1. The van der Waals surface area contributed by atoms with Gasteiger partial charge >= 0.3 is 12.1 Å². The lowest BCUT2D eigenvalue weighted by Crippen LogP contribution is -2.24. The number of nitrogens with one attached hydrogen (secondary N) is 1. The molecule has 4 heterocycles. The second-order valence-electron chi connectivity index (χ2n) is 8.65. The molecule has 0 amide bonds. The van der Waals surface area contributed by atoms with Gasteiger partial charge in [0.05, 0.1) is 17.3 Å². The molecule has 0 saturated heterocycles. The second-order valence-corrected chi connectivity index (χ2v) is 9.04. The van der Waals surface area contributed by atoms with Crippen molar-refractivity contribution in [1.29, 1.82) is 0 Å². The van der Waals surface area contributed by atoms with E-state index in [1.54, 1.807) is 6.92 Å². The van der Waals surface area contributed by atoms with Crippen molar-refractivity contribution in [2.45, 2.75) is 32.2 Å². The predicted molar refractivity (Wildman–Crippen MR) is 131 cm³/mol. The van der Waals surface area contributed by atoms with E-state index in [2.05, 4.69) is 15.3 Å². The van der Waals surface area contributed by atoms with Crippen LogP contribution in [0.25, 0.3) is 5.65 Å². The molecule has 4 aromatic rings. The number of carboxylic acid groups (broad SMARTS) is 1. The van der Waals surface area contributed by atoms with Gasteiger partial charge in [-0.25, -0.2) is 14.8 Å². The fraction of sp³-hybridized carbons (Fsp3) is 0.200. The number of rotatable bonds is 5. The highest BCUT2D eigenvalue weighted by Crippen LogP contribution is 2.34. The van der Waals surface area contributed by atoms with Gasteiger partial charge in [-0.1, -0.05) is 35.9 Å². The van der Waals surface area contributed by atoms with Gasteiger partial charge in [0.25, 0.3) is 5.56 Å². The number of aromatic carboxylic acids is 1. The average Bonchev–Trinajstić information content (AvgIpc) is 3.28. The van der Waals surface area contributed by atoms with Crippen LogP contribution < -0.4 is 15.8 Å². The van der Waals surface area contributed by atoms with Crippen molar-refractivity contribution < 1.29 is 23.1 Å². The van der Waals surface area contributed by atoms with Gasteiger partial charge < -0.3 is 15.3 Å². The molecule has 1 atom stereocenters. The number of fused-ring (bicyclic) bond motifs is 2. The van der Waals surface area contributed by atoms with Crippen LogP contribution in [-0.4, -0.2) is 25.4 Å². The molecule has 1 aliphatic heterocycles. The van der Waals surface area contributed by atoms with Crippen LogP contribution in [-0.2, 0) is 19.3 Å². The SMILES string of the molecule is C[C@@H](Nc1ccc(Cl)nc1C(=O)O)c1cc(C(F)(F)F)cn2c(=O)cc(N3Cc4ccccc4C3)nc12. The molecule has 0 bridgehead atoms. The molecule has 0 fully saturated rings. The smallest absolute Gasteiger partial charge is 0.417 e. The maximum Gasteiger partial charge on any atom is 0.417 e. The van der Waals surface area contributed by atoms with Crippen LogP contribution in [0.2, 0.25) is 5.15 Å². The molecular weight excluding hydrogens is 511 g/mol. The number of alkyl halides is 3. The molecule has 0 spiro atoms. The fourth-order valence-corrected chi connectivity index (χ4v) is 4.52. The number of halogens is 4. The molecule has 5 rings (SSSR count). The highest BCUT2D eigenvalue weighted by Gasteiger charge is 2.33. The Morgan fingerprint density at radius 2 is 1.78 bits per heavy atom. The zero-order valence-corrected chi connectivity index (χ0v) is 20.0.